The number of pyridine rings is 1. The lowest BCUT2D eigenvalue weighted by molar-refractivity contribution is -0.126. The number of nitrogens with one attached hydrogen (secondary N) is 1. The number of hydrogen-bond acceptors (Lipinski definition) is 5. The molecule has 1 aromatic carbocycles. The molecule has 0 spiro atoms. The van der Waals surface area contributed by atoms with Gasteiger partial charge < -0.3 is 5.32 Å². The average Bonchev–Trinajstić information content (AvgIpc) is 3.56. The van der Waals surface area contributed by atoms with Gasteiger partial charge in [0.05, 0.1) is 0 Å². The van der Waals surface area contributed by atoms with Crippen molar-refractivity contribution < 1.29 is 9.59 Å². The predicted molar refractivity (Wildman–Crippen MR) is 142 cm³/mol. The number of anilines is 1. The first-order valence-electron chi connectivity index (χ1n) is 13.3. The average molecular weight is 498 g/mol. The summed E-state index contributed by atoms with van der Waals surface area (Å²) in [4.78, 5) is 35.7. The van der Waals surface area contributed by atoms with Gasteiger partial charge in [-0.05, 0) is 54.0 Å². The van der Waals surface area contributed by atoms with E-state index in [0.29, 0.717) is 23.5 Å². The maximum absolute atomic E-state index is 14.3. The topological polar surface area (TPSA) is 89.3 Å². The van der Waals surface area contributed by atoms with Gasteiger partial charge in [0.2, 0.25) is 5.91 Å². The first-order valence-corrected chi connectivity index (χ1v) is 13.3. The van der Waals surface area contributed by atoms with Crippen molar-refractivity contribution in [2.75, 3.05) is 11.4 Å². The van der Waals surface area contributed by atoms with Crippen LogP contribution in [0.4, 0.5) is 5.69 Å². The van der Waals surface area contributed by atoms with Crippen molar-refractivity contribution in [3.8, 4) is 6.19 Å². The fourth-order valence-electron chi connectivity index (χ4n) is 5.60. The third-order valence-electron chi connectivity index (χ3n) is 7.79. The van der Waals surface area contributed by atoms with Crippen LogP contribution in [0.2, 0.25) is 0 Å². The number of nitrogens with zero attached hydrogens (tertiary/aromatic N) is 4. The molecule has 2 amide bonds. The number of benzene rings is 1. The minimum Gasteiger partial charge on any atom is -0.351 e. The number of amides is 2. The Morgan fingerprint density at radius 1 is 1.14 bits per heavy atom. The van der Waals surface area contributed by atoms with E-state index < -0.39 is 6.04 Å². The van der Waals surface area contributed by atoms with E-state index in [9.17, 15) is 14.9 Å². The molecule has 0 saturated heterocycles. The van der Waals surface area contributed by atoms with Crippen LogP contribution >= 0.6 is 0 Å². The smallest absolute Gasteiger partial charge is 0.276 e. The lowest BCUT2D eigenvalue weighted by Crippen LogP contribution is -2.48. The molecule has 2 atom stereocenters. The highest BCUT2D eigenvalue weighted by molar-refractivity contribution is 6.10. The molecule has 2 heterocycles. The van der Waals surface area contributed by atoms with Gasteiger partial charge in [-0.15, -0.1) is 0 Å². The highest BCUT2D eigenvalue weighted by Gasteiger charge is 2.48. The van der Waals surface area contributed by atoms with E-state index in [1.54, 1.807) is 23.4 Å². The number of rotatable bonds is 6. The Labute approximate surface area is 219 Å². The zero-order valence-electron chi connectivity index (χ0n) is 21.9. The highest BCUT2D eigenvalue weighted by atomic mass is 16.2. The molecule has 2 saturated carbocycles. The van der Waals surface area contributed by atoms with Crippen molar-refractivity contribution in [1.29, 1.82) is 5.26 Å². The molecule has 0 radical (unpaired) electrons. The van der Waals surface area contributed by atoms with Gasteiger partial charge in [0.15, 0.2) is 6.19 Å². The van der Waals surface area contributed by atoms with Crippen LogP contribution in [-0.2, 0) is 15.0 Å². The van der Waals surface area contributed by atoms with Crippen LogP contribution in [0.15, 0.2) is 60.1 Å². The molecular formula is C30H35N5O2. The van der Waals surface area contributed by atoms with Crippen molar-refractivity contribution in [1.82, 2.24) is 15.2 Å². The van der Waals surface area contributed by atoms with E-state index in [0.717, 1.165) is 43.2 Å². The molecule has 1 aromatic heterocycles. The Kier molecular flexibility index (Phi) is 6.76. The Morgan fingerprint density at radius 3 is 2.49 bits per heavy atom. The molecule has 2 aliphatic carbocycles. The number of carbonyl (C=O) groups is 2. The van der Waals surface area contributed by atoms with Gasteiger partial charge in [-0.2, -0.15) is 5.26 Å². The molecule has 37 heavy (non-hydrogen) atoms. The number of hydrogen-bond donors (Lipinski definition) is 1. The molecule has 2 fully saturated rings. The molecule has 1 N–H and O–H groups in total. The van der Waals surface area contributed by atoms with E-state index >= 15 is 0 Å². The van der Waals surface area contributed by atoms with E-state index in [1.165, 1.54) is 11.3 Å². The largest absolute Gasteiger partial charge is 0.351 e. The summed E-state index contributed by atoms with van der Waals surface area (Å²) < 4.78 is 0. The lowest BCUT2D eigenvalue weighted by atomic mass is 9.87. The van der Waals surface area contributed by atoms with Crippen LogP contribution < -0.4 is 10.2 Å². The zero-order chi connectivity index (χ0) is 26.2. The van der Waals surface area contributed by atoms with Crippen LogP contribution in [0.1, 0.15) is 76.5 Å². The summed E-state index contributed by atoms with van der Waals surface area (Å²) in [5.74, 6) is -0.267. The molecule has 192 valence electrons. The minimum atomic E-state index is -0.907. The maximum atomic E-state index is 14.3. The summed E-state index contributed by atoms with van der Waals surface area (Å²) in [5, 5.41) is 13.0. The first-order chi connectivity index (χ1) is 17.8. The second-order valence-corrected chi connectivity index (χ2v) is 11.5. The van der Waals surface area contributed by atoms with Crippen molar-refractivity contribution in [3.05, 3.63) is 71.2 Å². The molecule has 0 bridgehead atoms. The van der Waals surface area contributed by atoms with Crippen LogP contribution in [0.5, 0.6) is 0 Å². The summed E-state index contributed by atoms with van der Waals surface area (Å²) >= 11 is 0. The minimum absolute atomic E-state index is 0.0522. The molecule has 1 unspecified atom stereocenters. The van der Waals surface area contributed by atoms with Crippen LogP contribution in [0.25, 0.3) is 0 Å². The van der Waals surface area contributed by atoms with Gasteiger partial charge in [0.25, 0.3) is 5.91 Å². The summed E-state index contributed by atoms with van der Waals surface area (Å²) in [7, 11) is 0. The summed E-state index contributed by atoms with van der Waals surface area (Å²) in [6.07, 6.45) is 11.6. The fourth-order valence-corrected chi connectivity index (χ4v) is 5.60. The predicted octanol–water partition coefficient (Wildman–Crippen LogP) is 4.97. The van der Waals surface area contributed by atoms with Gasteiger partial charge >= 0.3 is 0 Å². The van der Waals surface area contributed by atoms with Gasteiger partial charge in [0.1, 0.15) is 11.7 Å². The normalized spacial score (nSPS) is 20.2. The highest BCUT2D eigenvalue weighted by Crippen LogP contribution is 2.48. The summed E-state index contributed by atoms with van der Waals surface area (Å²) in [6, 6.07) is 10.7. The van der Waals surface area contributed by atoms with Crippen molar-refractivity contribution in [3.63, 3.8) is 0 Å². The van der Waals surface area contributed by atoms with Crippen molar-refractivity contribution in [2.45, 2.75) is 76.8 Å². The van der Waals surface area contributed by atoms with Gasteiger partial charge in [0, 0.05) is 42.1 Å². The SMILES string of the molecule is CC(C)(C)c1ccc(N(C(=O)C2=C3C[C@H]3CN2C#N)C(C(=O)NC2CCCCC2)c2cccnc2)cc1. The quantitative estimate of drug-likeness (QED) is 0.569. The van der Waals surface area contributed by atoms with Crippen LogP contribution in [0.3, 0.4) is 0 Å². The Balaban J connectivity index is 1.59. The molecule has 7 heteroatoms. The Hall–Kier alpha value is -3.66. The lowest BCUT2D eigenvalue weighted by Gasteiger charge is -2.34. The standard InChI is InChI=1S/C30H35N5O2/c1-30(2,3)22-11-13-24(14-12-22)35(29(37)27-25-16-21(25)18-34(27)19-31)26(20-8-7-15-32-17-20)28(36)33-23-9-5-4-6-10-23/h7-8,11-15,17,21,23,26H,4-6,9-10,16,18H2,1-3H3,(H,33,36)/t21-,26?/m0/s1. The third-order valence-corrected chi connectivity index (χ3v) is 7.79. The Bertz CT molecular complexity index is 1230. The van der Waals surface area contributed by atoms with E-state index in [4.69, 9.17) is 0 Å². The second-order valence-electron chi connectivity index (χ2n) is 11.5. The molecule has 7 nitrogen and oxygen atoms in total. The van der Waals surface area contributed by atoms with Gasteiger partial charge in [-0.3, -0.25) is 24.4 Å². The maximum Gasteiger partial charge on any atom is 0.276 e. The zero-order valence-corrected chi connectivity index (χ0v) is 21.9. The third kappa shape index (κ3) is 5.11. The second kappa shape index (κ2) is 10.0. The van der Waals surface area contributed by atoms with E-state index in [-0.39, 0.29) is 29.2 Å². The van der Waals surface area contributed by atoms with E-state index in [1.807, 2.05) is 30.3 Å². The molecular weight excluding hydrogens is 462 g/mol. The number of aromatic nitrogens is 1. The molecule has 3 aliphatic rings. The van der Waals surface area contributed by atoms with Gasteiger partial charge in [-0.1, -0.05) is 58.2 Å². The van der Waals surface area contributed by atoms with Crippen molar-refractivity contribution in [2.24, 2.45) is 5.92 Å². The van der Waals surface area contributed by atoms with E-state index in [2.05, 4.69) is 37.3 Å². The van der Waals surface area contributed by atoms with Gasteiger partial charge in [-0.25, -0.2) is 0 Å². The number of fused-ring (bicyclic) bond motifs is 1. The van der Waals surface area contributed by atoms with Crippen LogP contribution in [0, 0.1) is 17.4 Å². The molecule has 2 aromatic rings. The molecule has 5 rings (SSSR count). The molecule has 1 aliphatic heterocycles. The summed E-state index contributed by atoms with van der Waals surface area (Å²) in [6.45, 7) is 6.97. The first kappa shape index (κ1) is 25.0. The Morgan fingerprint density at radius 2 is 1.86 bits per heavy atom. The monoisotopic (exact) mass is 497 g/mol. The summed E-state index contributed by atoms with van der Waals surface area (Å²) in [5.41, 5.74) is 3.79. The van der Waals surface area contributed by atoms with Crippen LogP contribution in [-0.4, -0.2) is 34.3 Å². The fraction of sp³-hybridized carbons (Fsp3) is 0.467. The number of nitriles is 1. The number of carbonyl (C=O) groups excluding carboxylic acids is 2. The van der Waals surface area contributed by atoms with Crippen molar-refractivity contribution >= 4 is 17.5 Å².